The van der Waals surface area contributed by atoms with E-state index in [-0.39, 0.29) is 11.6 Å². The molecule has 0 radical (unpaired) electrons. The normalized spacial score (nSPS) is 10.9. The molecule has 7 heteroatoms. The van der Waals surface area contributed by atoms with E-state index in [0.717, 1.165) is 11.1 Å². The van der Waals surface area contributed by atoms with Crippen molar-refractivity contribution in [3.8, 4) is 17.1 Å². The van der Waals surface area contributed by atoms with Crippen LogP contribution in [0.2, 0.25) is 0 Å². The van der Waals surface area contributed by atoms with E-state index in [0.29, 0.717) is 22.4 Å². The molecule has 0 aliphatic carbocycles. The second-order valence-corrected chi connectivity index (χ2v) is 6.69. The van der Waals surface area contributed by atoms with E-state index in [2.05, 4.69) is 15.2 Å². The first-order chi connectivity index (χ1) is 13.2. The Labute approximate surface area is 158 Å². The SMILES string of the molecule is Fc1ccc(CSc2nnc(-c3cccnc3)n2-c2ccccc2F)cc1. The molecule has 4 aromatic rings. The number of para-hydroxylation sites is 1. The summed E-state index contributed by atoms with van der Waals surface area (Å²) in [7, 11) is 0. The molecule has 0 N–H and O–H groups in total. The number of aromatic nitrogens is 4. The van der Waals surface area contributed by atoms with Crippen molar-refractivity contribution in [2.24, 2.45) is 0 Å². The largest absolute Gasteiger partial charge is 0.267 e. The Kier molecular flexibility index (Phi) is 4.93. The molecule has 0 aliphatic rings. The van der Waals surface area contributed by atoms with Gasteiger partial charge in [-0.15, -0.1) is 10.2 Å². The highest BCUT2D eigenvalue weighted by atomic mass is 32.2. The number of pyridine rings is 1. The first-order valence-electron chi connectivity index (χ1n) is 8.20. The zero-order valence-corrected chi connectivity index (χ0v) is 14.9. The Morgan fingerprint density at radius 3 is 2.44 bits per heavy atom. The quantitative estimate of drug-likeness (QED) is 0.462. The lowest BCUT2D eigenvalue weighted by Crippen LogP contribution is -2.02. The Bertz CT molecular complexity index is 1050. The van der Waals surface area contributed by atoms with Crippen LogP contribution in [0.25, 0.3) is 17.1 Å². The van der Waals surface area contributed by atoms with Gasteiger partial charge in [0.25, 0.3) is 0 Å². The van der Waals surface area contributed by atoms with E-state index in [9.17, 15) is 8.78 Å². The minimum Gasteiger partial charge on any atom is -0.267 e. The number of benzene rings is 2. The van der Waals surface area contributed by atoms with Crippen molar-refractivity contribution in [2.75, 3.05) is 0 Å². The van der Waals surface area contributed by atoms with Crippen LogP contribution in [0.5, 0.6) is 0 Å². The van der Waals surface area contributed by atoms with Crippen LogP contribution < -0.4 is 0 Å². The number of rotatable bonds is 5. The summed E-state index contributed by atoms with van der Waals surface area (Å²) in [5.74, 6) is 0.415. The van der Waals surface area contributed by atoms with Crippen LogP contribution >= 0.6 is 11.8 Å². The van der Waals surface area contributed by atoms with Crippen LogP contribution in [0.1, 0.15) is 5.56 Å². The predicted octanol–water partition coefficient (Wildman–Crippen LogP) is 4.90. The molecule has 2 aromatic carbocycles. The number of thioether (sulfide) groups is 1. The van der Waals surface area contributed by atoms with E-state index < -0.39 is 0 Å². The van der Waals surface area contributed by atoms with Crippen LogP contribution in [-0.2, 0) is 5.75 Å². The highest BCUT2D eigenvalue weighted by Crippen LogP contribution is 2.30. The summed E-state index contributed by atoms with van der Waals surface area (Å²) in [5, 5.41) is 9.05. The van der Waals surface area contributed by atoms with Crippen molar-refractivity contribution in [2.45, 2.75) is 10.9 Å². The van der Waals surface area contributed by atoms with Gasteiger partial charge < -0.3 is 0 Å². The van der Waals surface area contributed by atoms with Gasteiger partial charge in [-0.2, -0.15) is 0 Å². The molecule has 0 bridgehead atoms. The molecule has 4 nitrogen and oxygen atoms in total. The Balaban J connectivity index is 1.74. The second kappa shape index (κ2) is 7.67. The van der Waals surface area contributed by atoms with Gasteiger partial charge in [-0.05, 0) is 42.0 Å². The van der Waals surface area contributed by atoms with Gasteiger partial charge in [0.2, 0.25) is 0 Å². The number of hydrogen-bond donors (Lipinski definition) is 0. The van der Waals surface area contributed by atoms with Crippen molar-refractivity contribution >= 4 is 11.8 Å². The maximum Gasteiger partial charge on any atom is 0.196 e. The predicted molar refractivity (Wildman–Crippen MR) is 101 cm³/mol. The summed E-state index contributed by atoms with van der Waals surface area (Å²) >= 11 is 1.40. The number of hydrogen-bond acceptors (Lipinski definition) is 4. The first kappa shape index (κ1) is 17.4. The fourth-order valence-corrected chi connectivity index (χ4v) is 3.52. The molecule has 2 aromatic heterocycles. The average Bonchev–Trinajstić information content (AvgIpc) is 3.12. The number of halogens is 2. The van der Waals surface area contributed by atoms with Gasteiger partial charge in [0, 0.05) is 23.7 Å². The van der Waals surface area contributed by atoms with Crippen LogP contribution in [0, 0.1) is 11.6 Å². The first-order valence-corrected chi connectivity index (χ1v) is 9.19. The summed E-state index contributed by atoms with van der Waals surface area (Å²) in [6, 6.07) is 16.4. The molecular formula is C20H14F2N4S. The monoisotopic (exact) mass is 380 g/mol. The summed E-state index contributed by atoms with van der Waals surface area (Å²) in [6.45, 7) is 0. The molecular weight excluding hydrogens is 366 g/mol. The minimum absolute atomic E-state index is 0.280. The smallest absolute Gasteiger partial charge is 0.196 e. The average molecular weight is 380 g/mol. The van der Waals surface area contributed by atoms with Gasteiger partial charge in [-0.1, -0.05) is 36.0 Å². The topological polar surface area (TPSA) is 43.6 Å². The van der Waals surface area contributed by atoms with Crippen LogP contribution in [0.15, 0.2) is 78.2 Å². The summed E-state index contributed by atoms with van der Waals surface area (Å²) in [5.41, 5.74) is 2.04. The van der Waals surface area contributed by atoms with E-state index in [1.165, 1.54) is 30.0 Å². The highest BCUT2D eigenvalue weighted by molar-refractivity contribution is 7.98. The van der Waals surface area contributed by atoms with Crippen LogP contribution in [0.4, 0.5) is 8.78 Å². The van der Waals surface area contributed by atoms with E-state index in [1.54, 1.807) is 53.4 Å². The van der Waals surface area contributed by atoms with Gasteiger partial charge in [0.15, 0.2) is 11.0 Å². The Morgan fingerprint density at radius 2 is 1.70 bits per heavy atom. The molecule has 0 spiro atoms. The molecule has 4 rings (SSSR count). The van der Waals surface area contributed by atoms with Crippen molar-refractivity contribution in [1.82, 2.24) is 19.7 Å². The van der Waals surface area contributed by atoms with Crippen molar-refractivity contribution < 1.29 is 8.78 Å². The summed E-state index contributed by atoms with van der Waals surface area (Å²) < 4.78 is 29.3. The van der Waals surface area contributed by atoms with Crippen LogP contribution in [-0.4, -0.2) is 19.7 Å². The fraction of sp³-hybridized carbons (Fsp3) is 0.0500. The number of nitrogens with zero attached hydrogens (tertiary/aromatic N) is 4. The molecule has 27 heavy (non-hydrogen) atoms. The summed E-state index contributed by atoms with van der Waals surface area (Å²) in [6.07, 6.45) is 3.33. The molecule has 0 saturated carbocycles. The van der Waals surface area contributed by atoms with E-state index in [4.69, 9.17) is 0 Å². The molecule has 134 valence electrons. The lowest BCUT2D eigenvalue weighted by Gasteiger charge is -2.11. The minimum atomic E-state index is -0.369. The lowest BCUT2D eigenvalue weighted by molar-refractivity contribution is 0.613. The molecule has 2 heterocycles. The van der Waals surface area contributed by atoms with Gasteiger partial charge in [-0.3, -0.25) is 9.55 Å². The zero-order chi connectivity index (χ0) is 18.6. The maximum absolute atomic E-state index is 14.5. The second-order valence-electron chi connectivity index (χ2n) is 5.75. The summed E-state index contributed by atoms with van der Waals surface area (Å²) in [4.78, 5) is 4.11. The molecule has 0 unspecified atom stereocenters. The standard InChI is InChI=1S/C20H14F2N4S/c21-16-9-7-14(8-10-16)13-27-20-25-24-19(15-4-3-11-23-12-15)26(20)18-6-2-1-5-17(18)22/h1-12H,13H2. The molecule has 0 fully saturated rings. The van der Waals surface area contributed by atoms with Crippen molar-refractivity contribution in [1.29, 1.82) is 0 Å². The third-order valence-corrected chi connectivity index (χ3v) is 4.93. The van der Waals surface area contributed by atoms with Crippen molar-refractivity contribution in [3.63, 3.8) is 0 Å². The van der Waals surface area contributed by atoms with Gasteiger partial charge in [-0.25, -0.2) is 8.78 Å². The zero-order valence-electron chi connectivity index (χ0n) is 14.1. The van der Waals surface area contributed by atoms with E-state index >= 15 is 0 Å². The third kappa shape index (κ3) is 3.73. The fourth-order valence-electron chi connectivity index (χ4n) is 2.62. The van der Waals surface area contributed by atoms with Gasteiger partial charge in [0.05, 0.1) is 5.69 Å². The van der Waals surface area contributed by atoms with Crippen LogP contribution in [0.3, 0.4) is 0 Å². The Hall–Kier alpha value is -3.06. The molecule has 0 saturated heterocycles. The lowest BCUT2D eigenvalue weighted by atomic mass is 10.2. The maximum atomic E-state index is 14.5. The van der Waals surface area contributed by atoms with Crippen molar-refractivity contribution in [3.05, 3.63) is 90.3 Å². The molecule has 0 aliphatic heterocycles. The molecule has 0 amide bonds. The van der Waals surface area contributed by atoms with Gasteiger partial charge >= 0.3 is 0 Å². The van der Waals surface area contributed by atoms with Gasteiger partial charge in [0.1, 0.15) is 11.6 Å². The third-order valence-electron chi connectivity index (χ3n) is 3.93. The Morgan fingerprint density at radius 1 is 0.889 bits per heavy atom. The highest BCUT2D eigenvalue weighted by Gasteiger charge is 2.18. The van der Waals surface area contributed by atoms with E-state index in [1.807, 2.05) is 6.07 Å². The molecule has 0 atom stereocenters.